The van der Waals surface area contributed by atoms with Crippen molar-refractivity contribution in [3.63, 3.8) is 0 Å². The lowest BCUT2D eigenvalue weighted by Crippen LogP contribution is -2.00. The summed E-state index contributed by atoms with van der Waals surface area (Å²) < 4.78 is 7.17. The fourth-order valence-corrected chi connectivity index (χ4v) is 2.30. The van der Waals surface area contributed by atoms with Gasteiger partial charge in [-0.25, -0.2) is 9.97 Å². The van der Waals surface area contributed by atoms with Crippen molar-refractivity contribution >= 4 is 5.82 Å². The van der Waals surface area contributed by atoms with Crippen LogP contribution in [0.5, 0.6) is 0 Å². The van der Waals surface area contributed by atoms with Gasteiger partial charge in [-0.1, -0.05) is 12.1 Å². The Morgan fingerprint density at radius 2 is 2.14 bits per heavy atom. The summed E-state index contributed by atoms with van der Waals surface area (Å²) in [7, 11) is 1.69. The summed E-state index contributed by atoms with van der Waals surface area (Å²) in [6, 6.07) is 11.9. The average molecular weight is 280 g/mol. The molecule has 2 aromatic heterocycles. The molecule has 106 valence electrons. The van der Waals surface area contributed by atoms with Gasteiger partial charge in [0.15, 0.2) is 0 Å². The van der Waals surface area contributed by atoms with Crippen LogP contribution in [0.2, 0.25) is 0 Å². The van der Waals surface area contributed by atoms with Crippen molar-refractivity contribution in [2.24, 2.45) is 0 Å². The number of anilines is 1. The Balaban J connectivity index is 2.07. The molecule has 1 aromatic carbocycles. The third kappa shape index (κ3) is 2.64. The van der Waals surface area contributed by atoms with E-state index in [9.17, 15) is 0 Å². The van der Waals surface area contributed by atoms with Gasteiger partial charge >= 0.3 is 0 Å². The van der Waals surface area contributed by atoms with Crippen molar-refractivity contribution in [1.82, 2.24) is 14.5 Å². The second-order valence-corrected chi connectivity index (χ2v) is 4.69. The fourth-order valence-electron chi connectivity index (χ4n) is 2.30. The van der Waals surface area contributed by atoms with Gasteiger partial charge in [0.2, 0.25) is 0 Å². The molecule has 3 aromatic rings. The molecule has 0 atom stereocenters. The zero-order valence-electron chi connectivity index (χ0n) is 11.7. The van der Waals surface area contributed by atoms with Crippen LogP contribution in [0.4, 0.5) is 5.82 Å². The van der Waals surface area contributed by atoms with Crippen molar-refractivity contribution in [2.45, 2.75) is 6.61 Å². The van der Waals surface area contributed by atoms with Crippen LogP contribution < -0.4 is 5.73 Å². The first-order chi connectivity index (χ1) is 10.3. The minimum atomic E-state index is 0.493. The monoisotopic (exact) mass is 280 g/mol. The van der Waals surface area contributed by atoms with Crippen LogP contribution in [-0.2, 0) is 11.3 Å². The Morgan fingerprint density at radius 1 is 1.24 bits per heavy atom. The molecule has 5 nitrogen and oxygen atoms in total. The molecule has 0 unspecified atom stereocenters. The summed E-state index contributed by atoms with van der Waals surface area (Å²) in [5.74, 6) is 0.493. The van der Waals surface area contributed by atoms with E-state index < -0.39 is 0 Å². The van der Waals surface area contributed by atoms with E-state index in [-0.39, 0.29) is 0 Å². The van der Waals surface area contributed by atoms with Crippen LogP contribution in [-0.4, -0.2) is 21.6 Å². The first-order valence-electron chi connectivity index (χ1n) is 6.61. The molecule has 3 rings (SSSR count). The maximum absolute atomic E-state index is 5.96. The number of nitrogen functional groups attached to an aromatic ring is 1. The molecule has 0 fully saturated rings. The summed E-state index contributed by atoms with van der Waals surface area (Å²) >= 11 is 0. The highest BCUT2D eigenvalue weighted by molar-refractivity contribution is 5.72. The lowest BCUT2D eigenvalue weighted by Gasteiger charge is -2.11. The standard InChI is InChI=1S/C16H16N4O/c1-21-10-12-4-2-5-13(8-12)20-11-18-9-15(20)14-6-3-7-19-16(14)17/h2-9,11H,10H2,1H3,(H2,17,19). The number of imidazole rings is 1. The van der Waals surface area contributed by atoms with E-state index in [2.05, 4.69) is 16.0 Å². The van der Waals surface area contributed by atoms with Gasteiger partial charge in [-0.2, -0.15) is 0 Å². The summed E-state index contributed by atoms with van der Waals surface area (Å²) in [6.07, 6.45) is 5.24. The number of nitrogens with two attached hydrogens (primary N) is 1. The molecule has 0 radical (unpaired) electrons. The molecule has 2 N–H and O–H groups in total. The molecule has 0 aliphatic carbocycles. The molecule has 0 saturated heterocycles. The predicted octanol–water partition coefficient (Wildman–Crippen LogP) is 2.66. The number of methoxy groups -OCH3 is 1. The molecular weight excluding hydrogens is 264 g/mol. The smallest absolute Gasteiger partial charge is 0.132 e. The molecule has 0 spiro atoms. The molecular formula is C16H16N4O. The predicted molar refractivity (Wildman–Crippen MR) is 81.9 cm³/mol. The van der Waals surface area contributed by atoms with Crippen molar-refractivity contribution in [3.05, 3.63) is 60.7 Å². The minimum Gasteiger partial charge on any atom is -0.383 e. The summed E-state index contributed by atoms with van der Waals surface area (Å²) in [4.78, 5) is 8.37. The maximum atomic E-state index is 5.96. The summed E-state index contributed by atoms with van der Waals surface area (Å²) in [5.41, 5.74) is 9.86. The van der Waals surface area contributed by atoms with Crippen LogP contribution in [0.15, 0.2) is 55.1 Å². The number of nitrogens with zero attached hydrogens (tertiary/aromatic N) is 3. The first kappa shape index (κ1) is 13.3. The second-order valence-electron chi connectivity index (χ2n) is 4.69. The number of hydrogen-bond acceptors (Lipinski definition) is 4. The lowest BCUT2D eigenvalue weighted by atomic mass is 10.1. The van der Waals surface area contributed by atoms with Crippen molar-refractivity contribution < 1.29 is 4.74 Å². The third-order valence-electron chi connectivity index (χ3n) is 3.25. The van der Waals surface area contributed by atoms with Crippen LogP contribution in [0.3, 0.4) is 0 Å². The molecule has 0 bridgehead atoms. The van der Waals surface area contributed by atoms with E-state index in [1.165, 1.54) is 0 Å². The fraction of sp³-hybridized carbons (Fsp3) is 0.125. The van der Waals surface area contributed by atoms with E-state index in [0.717, 1.165) is 22.5 Å². The molecule has 0 amide bonds. The Morgan fingerprint density at radius 3 is 2.95 bits per heavy atom. The lowest BCUT2D eigenvalue weighted by molar-refractivity contribution is 0.185. The van der Waals surface area contributed by atoms with Crippen molar-refractivity contribution in [3.8, 4) is 16.9 Å². The SMILES string of the molecule is COCc1cccc(-n2cncc2-c2cccnc2N)c1. The van der Waals surface area contributed by atoms with Gasteiger partial charge in [0.1, 0.15) is 5.82 Å². The van der Waals surface area contributed by atoms with E-state index in [0.29, 0.717) is 12.4 Å². The first-order valence-corrected chi connectivity index (χ1v) is 6.61. The topological polar surface area (TPSA) is 66.0 Å². The van der Waals surface area contributed by atoms with Gasteiger partial charge in [0, 0.05) is 24.6 Å². The van der Waals surface area contributed by atoms with E-state index in [4.69, 9.17) is 10.5 Å². The van der Waals surface area contributed by atoms with Gasteiger partial charge in [-0.3, -0.25) is 4.57 Å². The molecule has 0 saturated carbocycles. The van der Waals surface area contributed by atoms with Crippen LogP contribution in [0.1, 0.15) is 5.56 Å². The Hall–Kier alpha value is -2.66. The van der Waals surface area contributed by atoms with Crippen molar-refractivity contribution in [2.75, 3.05) is 12.8 Å². The Labute approximate surface area is 123 Å². The largest absolute Gasteiger partial charge is 0.383 e. The normalized spacial score (nSPS) is 10.7. The van der Waals surface area contributed by atoms with Crippen LogP contribution in [0, 0.1) is 0 Å². The highest BCUT2D eigenvalue weighted by Crippen LogP contribution is 2.26. The molecule has 21 heavy (non-hydrogen) atoms. The van der Waals surface area contributed by atoms with E-state index in [1.54, 1.807) is 25.8 Å². The average Bonchev–Trinajstić information content (AvgIpc) is 2.98. The van der Waals surface area contributed by atoms with E-state index in [1.807, 2.05) is 34.9 Å². The number of rotatable bonds is 4. The highest BCUT2D eigenvalue weighted by atomic mass is 16.5. The van der Waals surface area contributed by atoms with Crippen LogP contribution >= 0.6 is 0 Å². The summed E-state index contributed by atoms with van der Waals surface area (Å²) in [6.45, 7) is 0.576. The number of ether oxygens (including phenoxy) is 1. The van der Waals surface area contributed by atoms with E-state index >= 15 is 0 Å². The quantitative estimate of drug-likeness (QED) is 0.798. The van der Waals surface area contributed by atoms with Gasteiger partial charge in [-0.15, -0.1) is 0 Å². The molecule has 5 heteroatoms. The molecule has 0 aliphatic heterocycles. The molecule has 2 heterocycles. The third-order valence-corrected chi connectivity index (χ3v) is 3.25. The Kier molecular flexibility index (Phi) is 3.66. The maximum Gasteiger partial charge on any atom is 0.132 e. The highest BCUT2D eigenvalue weighted by Gasteiger charge is 2.10. The number of pyridine rings is 1. The van der Waals surface area contributed by atoms with Gasteiger partial charge in [0.25, 0.3) is 0 Å². The minimum absolute atomic E-state index is 0.493. The number of benzene rings is 1. The summed E-state index contributed by atoms with van der Waals surface area (Å²) in [5, 5.41) is 0. The second kappa shape index (κ2) is 5.76. The zero-order valence-corrected chi connectivity index (χ0v) is 11.7. The van der Waals surface area contributed by atoms with Gasteiger partial charge in [-0.05, 0) is 29.8 Å². The van der Waals surface area contributed by atoms with Gasteiger partial charge < -0.3 is 10.5 Å². The zero-order chi connectivity index (χ0) is 14.7. The molecule has 0 aliphatic rings. The van der Waals surface area contributed by atoms with Crippen molar-refractivity contribution in [1.29, 1.82) is 0 Å². The number of aromatic nitrogens is 3. The Bertz CT molecular complexity index is 751. The van der Waals surface area contributed by atoms with Crippen LogP contribution in [0.25, 0.3) is 16.9 Å². The van der Waals surface area contributed by atoms with Gasteiger partial charge in [0.05, 0.1) is 24.8 Å². The number of hydrogen-bond donors (Lipinski definition) is 1.